The van der Waals surface area contributed by atoms with Gasteiger partial charge in [-0.05, 0) is 18.5 Å². The fourth-order valence-electron chi connectivity index (χ4n) is 4.30. The molecule has 3 aromatic rings. The summed E-state index contributed by atoms with van der Waals surface area (Å²) in [6.45, 7) is 9.30. The summed E-state index contributed by atoms with van der Waals surface area (Å²) in [6, 6.07) is 12.5. The molecule has 192 valence electrons. The topological polar surface area (TPSA) is 105 Å². The maximum absolute atomic E-state index is 5.52. The van der Waals surface area contributed by atoms with E-state index in [0.29, 0.717) is 38.9 Å². The average molecular weight is 494 g/mol. The third kappa shape index (κ3) is 6.90. The van der Waals surface area contributed by atoms with Crippen LogP contribution in [0.5, 0.6) is 0 Å². The van der Waals surface area contributed by atoms with E-state index >= 15 is 0 Å². The Balaban J connectivity index is 1.14. The van der Waals surface area contributed by atoms with Crippen LogP contribution >= 0.6 is 0 Å². The molecule has 36 heavy (non-hydrogen) atoms. The highest BCUT2D eigenvalue weighted by Gasteiger charge is 2.19. The van der Waals surface area contributed by atoms with Crippen LogP contribution in [0.1, 0.15) is 17.7 Å². The van der Waals surface area contributed by atoms with Crippen LogP contribution < -0.4 is 20.4 Å². The van der Waals surface area contributed by atoms with Crippen molar-refractivity contribution in [1.82, 2.24) is 30.3 Å². The lowest BCUT2D eigenvalue weighted by molar-refractivity contribution is 0.122. The van der Waals surface area contributed by atoms with Crippen LogP contribution in [0.2, 0.25) is 0 Å². The predicted octanol–water partition coefficient (Wildman–Crippen LogP) is 1.53. The van der Waals surface area contributed by atoms with Gasteiger partial charge in [0.05, 0.1) is 39.2 Å². The lowest BCUT2D eigenvalue weighted by Crippen LogP contribution is -2.39. The summed E-state index contributed by atoms with van der Waals surface area (Å²) >= 11 is 0. The van der Waals surface area contributed by atoms with Gasteiger partial charge in [0.25, 0.3) is 0 Å². The van der Waals surface area contributed by atoms with Crippen molar-refractivity contribution < 1.29 is 9.47 Å². The molecule has 0 radical (unpaired) electrons. The molecule has 0 saturated carbocycles. The number of nitrogens with one attached hydrogen (secondary N) is 2. The average Bonchev–Trinajstić information content (AvgIpc) is 3.41. The molecule has 0 bridgehead atoms. The molecule has 4 heterocycles. The molecule has 11 nitrogen and oxygen atoms in total. The van der Waals surface area contributed by atoms with E-state index < -0.39 is 0 Å². The van der Waals surface area contributed by atoms with Gasteiger partial charge in [0.15, 0.2) is 0 Å². The van der Waals surface area contributed by atoms with E-state index in [4.69, 9.17) is 19.4 Å². The lowest BCUT2D eigenvalue weighted by Gasteiger charge is -2.31. The first-order valence-corrected chi connectivity index (χ1v) is 12.8. The van der Waals surface area contributed by atoms with Crippen LogP contribution in [-0.2, 0) is 29.1 Å². The van der Waals surface area contributed by atoms with Crippen LogP contribution in [0.4, 0.5) is 17.6 Å². The molecule has 0 unspecified atom stereocenters. The minimum absolute atomic E-state index is 0.515. The van der Waals surface area contributed by atoms with E-state index in [1.165, 1.54) is 5.56 Å². The van der Waals surface area contributed by atoms with Crippen molar-refractivity contribution in [2.75, 3.05) is 74.3 Å². The quantitative estimate of drug-likeness (QED) is 0.382. The molecule has 0 amide bonds. The van der Waals surface area contributed by atoms with E-state index in [9.17, 15) is 0 Å². The number of benzene rings is 1. The summed E-state index contributed by atoms with van der Waals surface area (Å²) in [6.07, 6.45) is 2.97. The van der Waals surface area contributed by atoms with Gasteiger partial charge in [-0.3, -0.25) is 4.68 Å². The van der Waals surface area contributed by atoms with Crippen molar-refractivity contribution in [3.05, 3.63) is 53.9 Å². The fraction of sp³-hybridized carbons (Fsp3) is 0.520. The predicted molar refractivity (Wildman–Crippen MR) is 138 cm³/mol. The Labute approximate surface area is 211 Å². The van der Waals surface area contributed by atoms with Gasteiger partial charge in [-0.15, -0.1) is 5.10 Å². The third-order valence-electron chi connectivity index (χ3n) is 6.30. The highest BCUT2D eigenvalue weighted by atomic mass is 16.5. The van der Waals surface area contributed by atoms with Gasteiger partial charge < -0.3 is 29.9 Å². The molecule has 2 saturated heterocycles. The molecular formula is C25H35N9O2. The molecule has 0 atom stereocenters. The summed E-state index contributed by atoms with van der Waals surface area (Å²) in [5.41, 5.74) is 2.16. The Kier molecular flexibility index (Phi) is 8.55. The normalized spacial score (nSPS) is 16.3. The van der Waals surface area contributed by atoms with Crippen molar-refractivity contribution in [2.45, 2.75) is 26.1 Å². The van der Waals surface area contributed by atoms with Gasteiger partial charge in [-0.1, -0.05) is 35.5 Å². The monoisotopic (exact) mass is 493 g/mol. The van der Waals surface area contributed by atoms with E-state index in [1.807, 2.05) is 16.9 Å². The summed E-state index contributed by atoms with van der Waals surface area (Å²) in [4.78, 5) is 14.1. The Morgan fingerprint density at radius 3 is 2.17 bits per heavy atom. The largest absolute Gasteiger partial charge is 0.378 e. The van der Waals surface area contributed by atoms with Crippen molar-refractivity contribution in [1.29, 1.82) is 0 Å². The van der Waals surface area contributed by atoms with Gasteiger partial charge >= 0.3 is 0 Å². The molecule has 5 rings (SSSR count). The van der Waals surface area contributed by atoms with Gasteiger partial charge in [0.1, 0.15) is 17.3 Å². The van der Waals surface area contributed by atoms with E-state index in [-0.39, 0.29) is 0 Å². The molecular weight excluding hydrogens is 458 g/mol. The van der Waals surface area contributed by atoms with Crippen molar-refractivity contribution in [3.8, 4) is 0 Å². The number of anilines is 3. The standard InChI is InChI=1S/C25H35N9O2/c1-2-5-21(6-3-1)18-26-7-4-8-34-20-22(30-31-34)19-27-25-28-23(32-9-13-35-14-10-32)17-24(29-25)33-11-15-36-16-12-33/h1-3,5-6,17,20,26H,4,7-16,18-19H2,(H,27,28,29). The molecule has 2 aliphatic rings. The number of aryl methyl sites for hydroxylation is 1. The minimum atomic E-state index is 0.515. The SMILES string of the molecule is c1ccc(CNCCCn2cc(CNc3nc(N4CCOCC4)cc(N4CCOCC4)n3)nn2)cc1. The first kappa shape index (κ1) is 24.4. The number of ether oxygens (including phenoxy) is 2. The molecule has 0 spiro atoms. The highest BCUT2D eigenvalue weighted by Crippen LogP contribution is 2.23. The van der Waals surface area contributed by atoms with Crippen LogP contribution in [-0.4, -0.2) is 84.1 Å². The van der Waals surface area contributed by atoms with Crippen LogP contribution in [0.15, 0.2) is 42.6 Å². The van der Waals surface area contributed by atoms with E-state index in [0.717, 1.165) is 69.6 Å². The second-order valence-corrected chi connectivity index (χ2v) is 8.95. The molecule has 11 heteroatoms. The number of aromatic nitrogens is 5. The van der Waals surface area contributed by atoms with Gasteiger partial charge in [0, 0.05) is 45.3 Å². The number of hydrogen-bond acceptors (Lipinski definition) is 10. The van der Waals surface area contributed by atoms with Crippen molar-refractivity contribution in [3.63, 3.8) is 0 Å². The second-order valence-electron chi connectivity index (χ2n) is 8.95. The molecule has 0 aliphatic carbocycles. The zero-order valence-corrected chi connectivity index (χ0v) is 20.7. The Morgan fingerprint density at radius 1 is 0.833 bits per heavy atom. The van der Waals surface area contributed by atoms with Crippen LogP contribution in [0.25, 0.3) is 0 Å². The Morgan fingerprint density at radius 2 is 1.50 bits per heavy atom. The first-order valence-electron chi connectivity index (χ1n) is 12.8. The molecule has 2 N–H and O–H groups in total. The van der Waals surface area contributed by atoms with Gasteiger partial charge in [-0.25, -0.2) is 0 Å². The lowest BCUT2D eigenvalue weighted by atomic mass is 10.2. The molecule has 2 aromatic heterocycles. The maximum Gasteiger partial charge on any atom is 0.226 e. The zero-order valence-electron chi connectivity index (χ0n) is 20.7. The Hall–Kier alpha value is -3.28. The van der Waals surface area contributed by atoms with Crippen LogP contribution in [0.3, 0.4) is 0 Å². The van der Waals surface area contributed by atoms with Gasteiger partial charge in [0.2, 0.25) is 5.95 Å². The van der Waals surface area contributed by atoms with E-state index in [1.54, 1.807) is 0 Å². The van der Waals surface area contributed by atoms with Crippen LogP contribution in [0, 0.1) is 0 Å². The number of morpholine rings is 2. The summed E-state index contributed by atoms with van der Waals surface area (Å²) in [5, 5.41) is 15.4. The van der Waals surface area contributed by atoms with E-state index in [2.05, 4.69) is 61.1 Å². The van der Waals surface area contributed by atoms with Crippen molar-refractivity contribution in [2.24, 2.45) is 0 Å². The van der Waals surface area contributed by atoms with Crippen molar-refractivity contribution >= 4 is 17.6 Å². The number of nitrogens with zero attached hydrogens (tertiary/aromatic N) is 7. The number of rotatable bonds is 11. The first-order chi connectivity index (χ1) is 17.8. The molecule has 1 aromatic carbocycles. The summed E-state index contributed by atoms with van der Waals surface area (Å²) < 4.78 is 12.9. The fourth-order valence-corrected chi connectivity index (χ4v) is 4.30. The Bertz CT molecular complexity index is 1030. The minimum Gasteiger partial charge on any atom is -0.378 e. The summed E-state index contributed by atoms with van der Waals surface area (Å²) in [5.74, 6) is 2.44. The van der Waals surface area contributed by atoms with Gasteiger partial charge in [-0.2, -0.15) is 9.97 Å². The number of hydrogen-bond donors (Lipinski definition) is 2. The molecule has 2 aliphatic heterocycles. The second kappa shape index (κ2) is 12.6. The molecule has 2 fully saturated rings. The third-order valence-corrected chi connectivity index (χ3v) is 6.30. The smallest absolute Gasteiger partial charge is 0.226 e. The maximum atomic E-state index is 5.52. The summed E-state index contributed by atoms with van der Waals surface area (Å²) in [7, 11) is 0. The highest BCUT2D eigenvalue weighted by molar-refractivity contribution is 5.55. The zero-order chi connectivity index (χ0) is 24.4.